The molecule has 1 aliphatic rings. The molecule has 0 spiro atoms. The molecule has 0 saturated carbocycles. The van der Waals surface area contributed by atoms with Crippen molar-refractivity contribution in [2.24, 2.45) is 0 Å². The van der Waals surface area contributed by atoms with Crippen LogP contribution in [0, 0.1) is 0 Å². The van der Waals surface area contributed by atoms with Crippen LogP contribution in [-0.2, 0) is 9.53 Å². The fraction of sp³-hybridized carbons (Fsp3) is 0.588. The standard InChI is InChI=1S/C17H26N2O4.ClH/c1-12-10-19(11-13(2)23-12)8-7-17(20)18-15-6-5-14(21-3)9-16(15)22-4;/h5-6,9,12-13H,7-8,10-11H2,1-4H3,(H,18,20);1H. The van der Waals surface area contributed by atoms with Gasteiger partial charge in [-0.2, -0.15) is 0 Å². The number of rotatable bonds is 6. The van der Waals surface area contributed by atoms with E-state index in [4.69, 9.17) is 14.2 Å². The first-order valence-corrected chi connectivity index (χ1v) is 7.91. The van der Waals surface area contributed by atoms with Gasteiger partial charge in [0.1, 0.15) is 11.5 Å². The number of anilines is 1. The number of hydrogen-bond acceptors (Lipinski definition) is 5. The third kappa shape index (κ3) is 5.85. The molecule has 1 aromatic carbocycles. The number of morpholine rings is 1. The van der Waals surface area contributed by atoms with E-state index in [-0.39, 0.29) is 30.5 Å². The third-order valence-electron chi connectivity index (χ3n) is 3.83. The first-order valence-electron chi connectivity index (χ1n) is 7.91. The van der Waals surface area contributed by atoms with Crippen molar-refractivity contribution >= 4 is 24.0 Å². The van der Waals surface area contributed by atoms with Crippen molar-refractivity contribution in [2.45, 2.75) is 32.5 Å². The molecule has 1 saturated heterocycles. The van der Waals surface area contributed by atoms with Crippen molar-refractivity contribution in [2.75, 3.05) is 39.2 Å². The maximum absolute atomic E-state index is 12.2. The number of amides is 1. The first kappa shape index (κ1) is 20.5. The van der Waals surface area contributed by atoms with Crippen LogP contribution < -0.4 is 14.8 Å². The van der Waals surface area contributed by atoms with E-state index in [1.54, 1.807) is 32.4 Å². The van der Waals surface area contributed by atoms with Gasteiger partial charge in [0.15, 0.2) is 0 Å². The SMILES string of the molecule is COc1ccc(NC(=O)CCN2CC(C)OC(C)C2)c(OC)c1.Cl. The number of carbonyl (C=O) groups is 1. The number of benzene rings is 1. The number of halogens is 1. The van der Waals surface area contributed by atoms with Gasteiger partial charge in [-0.25, -0.2) is 0 Å². The molecule has 0 radical (unpaired) electrons. The highest BCUT2D eigenvalue weighted by molar-refractivity contribution is 5.92. The zero-order valence-electron chi connectivity index (χ0n) is 14.7. The maximum Gasteiger partial charge on any atom is 0.225 e. The Morgan fingerprint density at radius 2 is 1.92 bits per heavy atom. The molecule has 1 aromatic rings. The first-order chi connectivity index (χ1) is 11.0. The Hall–Kier alpha value is -1.50. The lowest BCUT2D eigenvalue weighted by atomic mass is 10.2. The fourth-order valence-electron chi connectivity index (χ4n) is 2.84. The number of nitrogens with one attached hydrogen (secondary N) is 1. The van der Waals surface area contributed by atoms with Crippen LogP contribution >= 0.6 is 12.4 Å². The van der Waals surface area contributed by atoms with Gasteiger partial charge in [-0.3, -0.25) is 9.69 Å². The van der Waals surface area contributed by atoms with Crippen molar-refractivity contribution in [1.29, 1.82) is 0 Å². The van der Waals surface area contributed by atoms with Gasteiger partial charge in [-0.15, -0.1) is 12.4 Å². The summed E-state index contributed by atoms with van der Waals surface area (Å²) in [6.45, 7) is 6.57. The van der Waals surface area contributed by atoms with Gasteiger partial charge < -0.3 is 19.5 Å². The minimum Gasteiger partial charge on any atom is -0.497 e. The second kappa shape index (κ2) is 9.71. The van der Waals surface area contributed by atoms with E-state index in [1.165, 1.54) is 0 Å². The van der Waals surface area contributed by atoms with E-state index < -0.39 is 0 Å². The van der Waals surface area contributed by atoms with E-state index in [9.17, 15) is 4.79 Å². The molecule has 1 N–H and O–H groups in total. The highest BCUT2D eigenvalue weighted by atomic mass is 35.5. The summed E-state index contributed by atoms with van der Waals surface area (Å²) in [6, 6.07) is 5.33. The molecular formula is C17H27ClN2O4. The Balaban J connectivity index is 0.00000288. The largest absolute Gasteiger partial charge is 0.497 e. The summed E-state index contributed by atoms with van der Waals surface area (Å²) in [6.07, 6.45) is 0.862. The maximum atomic E-state index is 12.2. The van der Waals surface area contributed by atoms with Crippen LogP contribution in [0.4, 0.5) is 5.69 Å². The second-order valence-electron chi connectivity index (χ2n) is 5.88. The molecule has 1 aliphatic heterocycles. The zero-order chi connectivity index (χ0) is 16.8. The molecular weight excluding hydrogens is 332 g/mol. The Kier molecular flexibility index (Phi) is 8.31. The zero-order valence-corrected chi connectivity index (χ0v) is 15.5. The lowest BCUT2D eigenvalue weighted by Crippen LogP contribution is -2.46. The lowest BCUT2D eigenvalue weighted by molar-refractivity contribution is -0.117. The van der Waals surface area contributed by atoms with Gasteiger partial charge in [0.05, 0.1) is 32.1 Å². The molecule has 7 heteroatoms. The minimum atomic E-state index is -0.0275. The molecule has 136 valence electrons. The van der Waals surface area contributed by atoms with Crippen molar-refractivity contribution < 1.29 is 19.0 Å². The Morgan fingerprint density at radius 3 is 2.50 bits per heavy atom. The van der Waals surface area contributed by atoms with E-state index in [0.29, 0.717) is 23.6 Å². The molecule has 0 aliphatic carbocycles. The number of ether oxygens (including phenoxy) is 3. The fourth-order valence-corrected chi connectivity index (χ4v) is 2.84. The van der Waals surface area contributed by atoms with Crippen LogP contribution in [0.5, 0.6) is 11.5 Å². The lowest BCUT2D eigenvalue weighted by Gasteiger charge is -2.35. The summed E-state index contributed by atoms with van der Waals surface area (Å²) >= 11 is 0. The minimum absolute atomic E-state index is 0. The van der Waals surface area contributed by atoms with Gasteiger partial charge in [-0.05, 0) is 26.0 Å². The summed E-state index contributed by atoms with van der Waals surface area (Å²) in [5.41, 5.74) is 0.655. The van der Waals surface area contributed by atoms with Crippen LogP contribution in [0.1, 0.15) is 20.3 Å². The molecule has 24 heavy (non-hydrogen) atoms. The van der Waals surface area contributed by atoms with Crippen molar-refractivity contribution in [1.82, 2.24) is 4.90 Å². The smallest absolute Gasteiger partial charge is 0.225 e. The van der Waals surface area contributed by atoms with Crippen molar-refractivity contribution in [3.8, 4) is 11.5 Å². The molecule has 0 aromatic heterocycles. The summed E-state index contributed by atoms with van der Waals surface area (Å²) < 4.78 is 16.1. The predicted molar refractivity (Wildman–Crippen MR) is 96.5 cm³/mol. The van der Waals surface area contributed by atoms with E-state index >= 15 is 0 Å². The average Bonchev–Trinajstić information content (AvgIpc) is 2.52. The quantitative estimate of drug-likeness (QED) is 0.846. The number of carbonyl (C=O) groups excluding carboxylic acids is 1. The third-order valence-corrected chi connectivity index (χ3v) is 3.83. The summed E-state index contributed by atoms with van der Waals surface area (Å²) in [5, 5.41) is 2.90. The average molecular weight is 359 g/mol. The molecule has 1 amide bonds. The topological polar surface area (TPSA) is 60.0 Å². The van der Waals surface area contributed by atoms with Crippen molar-refractivity contribution in [3.05, 3.63) is 18.2 Å². The van der Waals surface area contributed by atoms with E-state index in [1.807, 2.05) is 0 Å². The van der Waals surface area contributed by atoms with Gasteiger partial charge in [0.2, 0.25) is 5.91 Å². The number of hydrogen-bond donors (Lipinski definition) is 1. The normalized spacial score (nSPS) is 20.8. The molecule has 2 rings (SSSR count). The predicted octanol–water partition coefficient (Wildman–Crippen LogP) is 2.56. The molecule has 1 heterocycles. The number of methoxy groups -OCH3 is 2. The second-order valence-corrected chi connectivity index (χ2v) is 5.88. The van der Waals surface area contributed by atoms with E-state index in [2.05, 4.69) is 24.1 Å². The van der Waals surface area contributed by atoms with Gasteiger partial charge in [0, 0.05) is 32.1 Å². The molecule has 1 fully saturated rings. The van der Waals surface area contributed by atoms with Gasteiger partial charge in [0.25, 0.3) is 0 Å². The molecule has 6 nitrogen and oxygen atoms in total. The Bertz CT molecular complexity index is 531. The highest BCUT2D eigenvalue weighted by Gasteiger charge is 2.22. The summed E-state index contributed by atoms with van der Waals surface area (Å²) in [5.74, 6) is 1.25. The molecule has 2 unspecified atom stereocenters. The monoisotopic (exact) mass is 358 g/mol. The Labute approximate surface area is 149 Å². The van der Waals surface area contributed by atoms with Crippen LogP contribution in [-0.4, -0.2) is 56.9 Å². The van der Waals surface area contributed by atoms with Crippen molar-refractivity contribution in [3.63, 3.8) is 0 Å². The Morgan fingerprint density at radius 1 is 1.25 bits per heavy atom. The van der Waals surface area contributed by atoms with Crippen LogP contribution in [0.15, 0.2) is 18.2 Å². The molecule has 2 atom stereocenters. The van der Waals surface area contributed by atoms with Crippen LogP contribution in [0.2, 0.25) is 0 Å². The summed E-state index contributed by atoms with van der Waals surface area (Å²) in [7, 11) is 3.16. The van der Waals surface area contributed by atoms with Crippen LogP contribution in [0.25, 0.3) is 0 Å². The molecule has 0 bridgehead atoms. The van der Waals surface area contributed by atoms with E-state index in [0.717, 1.165) is 19.6 Å². The number of nitrogens with zero attached hydrogens (tertiary/aromatic N) is 1. The van der Waals surface area contributed by atoms with Crippen LogP contribution in [0.3, 0.4) is 0 Å². The summed E-state index contributed by atoms with van der Waals surface area (Å²) in [4.78, 5) is 14.5. The van der Waals surface area contributed by atoms with Gasteiger partial charge >= 0.3 is 0 Å². The van der Waals surface area contributed by atoms with Gasteiger partial charge in [-0.1, -0.05) is 0 Å². The highest BCUT2D eigenvalue weighted by Crippen LogP contribution is 2.29.